The first kappa shape index (κ1) is 19.4. The Kier molecular flexibility index (Phi) is 5.76. The molecule has 1 atom stereocenters. The van der Waals surface area contributed by atoms with Crippen molar-refractivity contribution in [3.8, 4) is 5.75 Å². The predicted octanol–water partition coefficient (Wildman–Crippen LogP) is 3.01. The van der Waals surface area contributed by atoms with Gasteiger partial charge in [-0.25, -0.2) is 14.6 Å². The van der Waals surface area contributed by atoms with Crippen molar-refractivity contribution in [2.24, 2.45) is 0 Å². The molecular formula is C22H28N6O. The van der Waals surface area contributed by atoms with Crippen molar-refractivity contribution in [2.45, 2.75) is 25.4 Å². The fraction of sp³-hybridized carbons (Fsp3) is 0.409. The van der Waals surface area contributed by atoms with Gasteiger partial charge in [0, 0.05) is 51.0 Å². The SMILES string of the molecule is CCCC(c1ccc(OC)cc1)(N1CCN(c2ncccn2)CC1)n1cccn1. The van der Waals surface area contributed by atoms with Crippen LogP contribution in [-0.4, -0.2) is 57.9 Å². The smallest absolute Gasteiger partial charge is 0.225 e. The summed E-state index contributed by atoms with van der Waals surface area (Å²) in [6.45, 7) is 5.81. The van der Waals surface area contributed by atoms with Crippen molar-refractivity contribution in [3.05, 3.63) is 66.7 Å². The Hall–Kier alpha value is -2.93. The number of aromatic nitrogens is 4. The third-order valence-electron chi connectivity index (χ3n) is 5.67. The first-order chi connectivity index (χ1) is 14.3. The molecule has 1 aliphatic heterocycles. The topological polar surface area (TPSA) is 59.3 Å². The molecule has 7 heteroatoms. The summed E-state index contributed by atoms with van der Waals surface area (Å²) in [6.07, 6.45) is 9.57. The fourth-order valence-electron chi connectivity index (χ4n) is 4.30. The van der Waals surface area contributed by atoms with E-state index in [1.54, 1.807) is 19.5 Å². The van der Waals surface area contributed by atoms with Crippen LogP contribution in [0.2, 0.25) is 0 Å². The Morgan fingerprint density at radius 3 is 2.28 bits per heavy atom. The third kappa shape index (κ3) is 3.70. The van der Waals surface area contributed by atoms with Crippen LogP contribution in [0.1, 0.15) is 25.3 Å². The van der Waals surface area contributed by atoms with Crippen molar-refractivity contribution in [2.75, 3.05) is 38.2 Å². The van der Waals surface area contributed by atoms with Crippen LogP contribution >= 0.6 is 0 Å². The van der Waals surface area contributed by atoms with Crippen LogP contribution in [0.25, 0.3) is 0 Å². The van der Waals surface area contributed by atoms with Crippen molar-refractivity contribution in [3.63, 3.8) is 0 Å². The molecule has 0 spiro atoms. The van der Waals surface area contributed by atoms with Crippen LogP contribution in [0, 0.1) is 0 Å². The average Bonchev–Trinajstić information content (AvgIpc) is 3.34. The molecule has 0 bridgehead atoms. The molecule has 0 N–H and O–H groups in total. The number of hydrogen-bond donors (Lipinski definition) is 0. The van der Waals surface area contributed by atoms with E-state index in [2.05, 4.69) is 54.8 Å². The van der Waals surface area contributed by atoms with Crippen molar-refractivity contribution >= 4 is 5.95 Å². The van der Waals surface area contributed by atoms with Gasteiger partial charge in [0.25, 0.3) is 0 Å². The highest BCUT2D eigenvalue weighted by molar-refractivity contribution is 5.34. The highest BCUT2D eigenvalue weighted by Gasteiger charge is 2.41. The summed E-state index contributed by atoms with van der Waals surface area (Å²) in [4.78, 5) is 13.6. The monoisotopic (exact) mass is 392 g/mol. The summed E-state index contributed by atoms with van der Waals surface area (Å²) in [6, 6.07) is 12.3. The maximum absolute atomic E-state index is 5.38. The van der Waals surface area contributed by atoms with Gasteiger partial charge in [-0.05, 0) is 36.2 Å². The van der Waals surface area contributed by atoms with Gasteiger partial charge in [0.05, 0.1) is 7.11 Å². The molecule has 1 aromatic carbocycles. The minimum Gasteiger partial charge on any atom is -0.497 e. The molecule has 0 radical (unpaired) electrons. The number of rotatable bonds is 7. The zero-order chi connectivity index (χ0) is 20.1. The van der Waals surface area contributed by atoms with Crippen LogP contribution in [-0.2, 0) is 5.66 Å². The van der Waals surface area contributed by atoms with Gasteiger partial charge in [-0.1, -0.05) is 25.5 Å². The van der Waals surface area contributed by atoms with Gasteiger partial charge in [0.1, 0.15) is 11.4 Å². The molecule has 29 heavy (non-hydrogen) atoms. The van der Waals surface area contributed by atoms with Crippen LogP contribution in [0.3, 0.4) is 0 Å². The predicted molar refractivity (Wildman–Crippen MR) is 113 cm³/mol. The van der Waals surface area contributed by atoms with Gasteiger partial charge in [-0.3, -0.25) is 4.90 Å². The van der Waals surface area contributed by atoms with E-state index in [9.17, 15) is 0 Å². The quantitative estimate of drug-likeness (QED) is 0.616. The van der Waals surface area contributed by atoms with Gasteiger partial charge in [0.15, 0.2) is 0 Å². The molecule has 0 saturated carbocycles. The lowest BCUT2D eigenvalue weighted by Gasteiger charge is -2.48. The Labute approximate surface area is 172 Å². The molecule has 152 valence electrons. The van der Waals surface area contributed by atoms with Crippen LogP contribution in [0.5, 0.6) is 5.75 Å². The molecule has 0 amide bonds. The molecule has 4 rings (SSSR count). The Bertz CT molecular complexity index is 875. The van der Waals surface area contributed by atoms with Gasteiger partial charge in [-0.2, -0.15) is 5.10 Å². The van der Waals surface area contributed by atoms with E-state index in [4.69, 9.17) is 4.74 Å². The highest BCUT2D eigenvalue weighted by atomic mass is 16.5. The first-order valence-corrected chi connectivity index (χ1v) is 10.2. The molecule has 2 aromatic heterocycles. The summed E-state index contributed by atoms with van der Waals surface area (Å²) in [5, 5.41) is 4.68. The summed E-state index contributed by atoms with van der Waals surface area (Å²) in [5.41, 5.74) is 0.905. The molecule has 1 aliphatic rings. The van der Waals surface area contributed by atoms with E-state index in [0.29, 0.717) is 0 Å². The zero-order valence-electron chi connectivity index (χ0n) is 17.1. The standard InChI is InChI=1S/C22H28N6O/c1-3-10-22(28-14-5-13-25-28,19-6-8-20(29-2)9-7-19)27-17-15-26(16-18-27)21-23-11-4-12-24-21/h4-9,11-14H,3,10,15-18H2,1-2H3. The zero-order valence-corrected chi connectivity index (χ0v) is 17.1. The van der Waals surface area contributed by atoms with Gasteiger partial charge in [-0.15, -0.1) is 0 Å². The number of hydrogen-bond acceptors (Lipinski definition) is 6. The Balaban J connectivity index is 1.67. The number of benzene rings is 1. The molecule has 1 unspecified atom stereocenters. The van der Waals surface area contributed by atoms with E-state index in [1.807, 2.05) is 30.5 Å². The highest BCUT2D eigenvalue weighted by Crippen LogP contribution is 2.36. The molecule has 1 fully saturated rings. The summed E-state index contributed by atoms with van der Waals surface area (Å²) >= 11 is 0. The minimum atomic E-state index is -0.325. The van der Waals surface area contributed by atoms with E-state index in [0.717, 1.165) is 50.7 Å². The maximum Gasteiger partial charge on any atom is 0.225 e. The second-order valence-electron chi connectivity index (χ2n) is 7.27. The van der Waals surface area contributed by atoms with Gasteiger partial charge in [0.2, 0.25) is 5.95 Å². The van der Waals surface area contributed by atoms with Crippen LogP contribution in [0.15, 0.2) is 61.2 Å². The van der Waals surface area contributed by atoms with Crippen molar-refractivity contribution in [1.82, 2.24) is 24.6 Å². The van der Waals surface area contributed by atoms with E-state index >= 15 is 0 Å². The largest absolute Gasteiger partial charge is 0.497 e. The van der Waals surface area contributed by atoms with E-state index < -0.39 is 0 Å². The number of ether oxygens (including phenoxy) is 1. The number of nitrogens with zero attached hydrogens (tertiary/aromatic N) is 6. The Morgan fingerprint density at radius 2 is 1.69 bits per heavy atom. The minimum absolute atomic E-state index is 0.325. The Morgan fingerprint density at radius 1 is 0.966 bits per heavy atom. The lowest BCUT2D eigenvalue weighted by atomic mass is 9.91. The normalized spacial score (nSPS) is 17.1. The van der Waals surface area contributed by atoms with Crippen LogP contribution < -0.4 is 9.64 Å². The second-order valence-corrected chi connectivity index (χ2v) is 7.27. The maximum atomic E-state index is 5.38. The lowest BCUT2D eigenvalue weighted by molar-refractivity contribution is 0.0290. The van der Waals surface area contributed by atoms with E-state index in [-0.39, 0.29) is 5.66 Å². The second kappa shape index (κ2) is 8.61. The third-order valence-corrected chi connectivity index (χ3v) is 5.67. The van der Waals surface area contributed by atoms with Gasteiger partial charge >= 0.3 is 0 Å². The first-order valence-electron chi connectivity index (χ1n) is 10.2. The molecule has 1 saturated heterocycles. The molecule has 3 aromatic rings. The molecule has 0 aliphatic carbocycles. The van der Waals surface area contributed by atoms with Gasteiger partial charge < -0.3 is 9.64 Å². The van der Waals surface area contributed by atoms with E-state index in [1.165, 1.54) is 5.56 Å². The fourth-order valence-corrected chi connectivity index (χ4v) is 4.30. The average molecular weight is 393 g/mol. The number of methoxy groups -OCH3 is 1. The number of anilines is 1. The van der Waals surface area contributed by atoms with Crippen LogP contribution in [0.4, 0.5) is 5.95 Å². The molecule has 3 heterocycles. The van der Waals surface area contributed by atoms with Crippen molar-refractivity contribution < 1.29 is 4.74 Å². The van der Waals surface area contributed by atoms with Crippen molar-refractivity contribution in [1.29, 1.82) is 0 Å². The number of piperazine rings is 1. The summed E-state index contributed by atoms with van der Waals surface area (Å²) in [5.74, 6) is 1.67. The molecule has 7 nitrogen and oxygen atoms in total. The lowest BCUT2D eigenvalue weighted by Crippen LogP contribution is -2.59. The summed E-state index contributed by atoms with van der Waals surface area (Å²) in [7, 11) is 1.70. The summed E-state index contributed by atoms with van der Waals surface area (Å²) < 4.78 is 7.50. The molecular weight excluding hydrogens is 364 g/mol.